The van der Waals surface area contributed by atoms with Crippen molar-refractivity contribution in [3.8, 4) is 0 Å². The molecule has 1 heterocycles. The van der Waals surface area contributed by atoms with Gasteiger partial charge < -0.3 is 0 Å². The van der Waals surface area contributed by atoms with Crippen molar-refractivity contribution in [3.63, 3.8) is 0 Å². The lowest BCUT2D eigenvalue weighted by Gasteiger charge is -1.99. The maximum absolute atomic E-state index is 12.9. The minimum Gasteiger partial charge on any atom is -0.285 e. The van der Waals surface area contributed by atoms with Gasteiger partial charge in [0.05, 0.1) is 9.75 Å². The van der Waals surface area contributed by atoms with E-state index in [1.165, 1.54) is 36.4 Å². The first-order chi connectivity index (χ1) is 12.9. The molecule has 0 saturated carbocycles. The summed E-state index contributed by atoms with van der Waals surface area (Å²) < 4.78 is 25.8. The van der Waals surface area contributed by atoms with Crippen LogP contribution in [0.15, 0.2) is 60.7 Å². The molecule has 2 aromatic carbocycles. The Morgan fingerprint density at radius 1 is 0.519 bits per heavy atom. The van der Waals surface area contributed by atoms with Gasteiger partial charge in [0.25, 0.3) is 0 Å². The van der Waals surface area contributed by atoms with Crippen LogP contribution in [0.5, 0.6) is 0 Å². The summed E-state index contributed by atoms with van der Waals surface area (Å²) in [6.07, 6.45) is 0. The van der Waals surface area contributed by atoms with Gasteiger partial charge in [0.15, 0.2) is 0 Å². The molecule has 0 spiro atoms. The van der Waals surface area contributed by atoms with Gasteiger partial charge in [-0.15, -0.1) is 11.3 Å². The molecule has 3 aromatic rings. The molecule has 7 heteroatoms. The van der Waals surface area contributed by atoms with Crippen molar-refractivity contribution in [3.05, 3.63) is 93.2 Å². The van der Waals surface area contributed by atoms with Crippen LogP contribution >= 0.6 is 11.3 Å². The highest BCUT2D eigenvalue weighted by Crippen LogP contribution is 2.21. The van der Waals surface area contributed by atoms with E-state index >= 15 is 0 Å². The lowest BCUT2D eigenvalue weighted by atomic mass is 10.1. The summed E-state index contributed by atoms with van der Waals surface area (Å²) in [5.74, 6) is -4.49. The maximum Gasteiger partial charge on any atom is 0.243 e. The Bertz CT molecular complexity index is 966. The molecule has 0 amide bonds. The number of halogens is 2. The summed E-state index contributed by atoms with van der Waals surface area (Å²) >= 11 is 0.712. The highest BCUT2D eigenvalue weighted by molar-refractivity contribution is 7.17. The second-order valence-electron chi connectivity index (χ2n) is 5.49. The van der Waals surface area contributed by atoms with Gasteiger partial charge in [-0.05, 0) is 60.7 Å². The zero-order valence-corrected chi connectivity index (χ0v) is 14.4. The Hall–Kier alpha value is -3.32. The maximum atomic E-state index is 12.9. The molecule has 0 aliphatic rings. The zero-order chi connectivity index (χ0) is 19.6. The summed E-state index contributed by atoms with van der Waals surface area (Å²) in [7, 11) is 0. The summed E-state index contributed by atoms with van der Waals surface area (Å²) in [4.78, 5) is 48.9. The molecule has 1 aromatic heterocycles. The molecular weight excluding hydrogens is 374 g/mol. The molecule has 134 valence electrons. The summed E-state index contributed by atoms with van der Waals surface area (Å²) in [5, 5.41) is 0. The molecule has 4 nitrogen and oxygen atoms in total. The number of hydrogen-bond acceptors (Lipinski definition) is 5. The van der Waals surface area contributed by atoms with Crippen molar-refractivity contribution in [2.45, 2.75) is 0 Å². The topological polar surface area (TPSA) is 68.3 Å². The van der Waals surface area contributed by atoms with Gasteiger partial charge in [-0.1, -0.05) is 0 Å². The van der Waals surface area contributed by atoms with Gasteiger partial charge in [0, 0.05) is 11.1 Å². The van der Waals surface area contributed by atoms with Crippen LogP contribution < -0.4 is 0 Å². The van der Waals surface area contributed by atoms with Crippen molar-refractivity contribution < 1.29 is 28.0 Å². The Morgan fingerprint density at radius 2 is 0.852 bits per heavy atom. The van der Waals surface area contributed by atoms with E-state index < -0.39 is 34.8 Å². The smallest absolute Gasteiger partial charge is 0.243 e. The van der Waals surface area contributed by atoms with Gasteiger partial charge in [-0.25, -0.2) is 8.78 Å². The van der Waals surface area contributed by atoms with Crippen LogP contribution in [0.4, 0.5) is 8.78 Å². The predicted octanol–water partition coefficient (Wildman–Crippen LogP) is 4.16. The van der Waals surface area contributed by atoms with E-state index in [2.05, 4.69) is 0 Å². The molecule has 0 fully saturated rings. The molecule has 0 N–H and O–H groups in total. The monoisotopic (exact) mass is 384 g/mol. The quantitative estimate of drug-likeness (QED) is 0.473. The summed E-state index contributed by atoms with van der Waals surface area (Å²) in [6.45, 7) is 0. The molecule has 0 aliphatic carbocycles. The first-order valence-corrected chi connectivity index (χ1v) is 8.47. The van der Waals surface area contributed by atoms with Crippen LogP contribution in [0, 0.1) is 11.6 Å². The van der Waals surface area contributed by atoms with Crippen molar-refractivity contribution in [1.82, 2.24) is 0 Å². The molecule has 0 saturated heterocycles. The largest absolute Gasteiger partial charge is 0.285 e. The lowest BCUT2D eigenvalue weighted by molar-refractivity contribution is 0.0818. The Morgan fingerprint density at radius 3 is 1.19 bits per heavy atom. The van der Waals surface area contributed by atoms with Crippen molar-refractivity contribution in [1.29, 1.82) is 0 Å². The minimum absolute atomic E-state index is 0.0143. The average Bonchev–Trinajstić information content (AvgIpc) is 3.17. The van der Waals surface area contributed by atoms with Crippen LogP contribution in [0.1, 0.15) is 40.1 Å². The van der Waals surface area contributed by atoms with Crippen LogP contribution in [0.2, 0.25) is 0 Å². The molecule has 0 unspecified atom stereocenters. The van der Waals surface area contributed by atoms with E-state index in [9.17, 15) is 28.0 Å². The number of thiophene rings is 1. The van der Waals surface area contributed by atoms with Crippen LogP contribution in [-0.2, 0) is 0 Å². The Labute approximate surface area is 156 Å². The number of ketones is 4. The van der Waals surface area contributed by atoms with Crippen molar-refractivity contribution in [2.75, 3.05) is 0 Å². The van der Waals surface area contributed by atoms with E-state index in [4.69, 9.17) is 0 Å². The van der Waals surface area contributed by atoms with Gasteiger partial charge >= 0.3 is 0 Å². The van der Waals surface area contributed by atoms with Gasteiger partial charge in [0.2, 0.25) is 23.1 Å². The van der Waals surface area contributed by atoms with Crippen LogP contribution in [-0.4, -0.2) is 23.1 Å². The van der Waals surface area contributed by atoms with Gasteiger partial charge in [-0.3, -0.25) is 19.2 Å². The summed E-state index contributed by atoms with van der Waals surface area (Å²) in [5.41, 5.74) is 0.0372. The fourth-order valence-electron chi connectivity index (χ4n) is 2.27. The molecule has 0 atom stereocenters. The van der Waals surface area contributed by atoms with Crippen molar-refractivity contribution >= 4 is 34.5 Å². The lowest BCUT2D eigenvalue weighted by Crippen LogP contribution is -2.14. The standard InChI is InChI=1S/C20H10F2O4S/c21-13-5-1-11(2-6-13)17(23)19(25)15-9-10-16(27-15)20(26)18(24)12-3-7-14(22)8-4-12/h1-10H. The summed E-state index contributed by atoms with van der Waals surface area (Å²) in [6, 6.07) is 11.5. The van der Waals surface area contributed by atoms with Crippen molar-refractivity contribution in [2.24, 2.45) is 0 Å². The second kappa shape index (κ2) is 7.51. The fourth-order valence-corrected chi connectivity index (χ4v) is 3.15. The normalized spacial score (nSPS) is 10.4. The fraction of sp³-hybridized carbons (Fsp3) is 0. The molecule has 0 aliphatic heterocycles. The third kappa shape index (κ3) is 3.93. The van der Waals surface area contributed by atoms with E-state index in [1.807, 2.05) is 0 Å². The molecule has 0 radical (unpaired) electrons. The number of carbonyl (C=O) groups is 4. The van der Waals surface area contributed by atoms with E-state index in [0.717, 1.165) is 24.3 Å². The minimum atomic E-state index is -0.861. The molecule has 0 bridgehead atoms. The predicted molar refractivity (Wildman–Crippen MR) is 94.4 cm³/mol. The van der Waals surface area contributed by atoms with E-state index in [-0.39, 0.29) is 20.9 Å². The highest BCUT2D eigenvalue weighted by Gasteiger charge is 2.24. The third-order valence-electron chi connectivity index (χ3n) is 3.68. The highest BCUT2D eigenvalue weighted by atomic mass is 32.1. The second-order valence-corrected chi connectivity index (χ2v) is 6.58. The number of Topliss-reactive ketones (excluding diaryl/α,β-unsaturated/α-hetero) is 4. The number of hydrogen-bond donors (Lipinski definition) is 0. The SMILES string of the molecule is O=C(C(=O)c1ccc(C(=O)C(=O)c2ccc(F)cc2)s1)c1ccc(F)cc1. The first-order valence-electron chi connectivity index (χ1n) is 7.66. The molecule has 3 rings (SSSR count). The number of rotatable bonds is 6. The van der Waals surface area contributed by atoms with Gasteiger partial charge in [0.1, 0.15) is 11.6 Å². The van der Waals surface area contributed by atoms with Gasteiger partial charge in [-0.2, -0.15) is 0 Å². The third-order valence-corrected chi connectivity index (χ3v) is 4.76. The number of carbonyl (C=O) groups excluding carboxylic acids is 4. The Kier molecular flexibility index (Phi) is 5.14. The first kappa shape index (κ1) is 18.5. The van der Waals surface area contributed by atoms with Crippen LogP contribution in [0.25, 0.3) is 0 Å². The van der Waals surface area contributed by atoms with E-state index in [0.29, 0.717) is 11.3 Å². The van der Waals surface area contributed by atoms with E-state index in [1.54, 1.807) is 0 Å². The molecule has 27 heavy (non-hydrogen) atoms. The number of benzene rings is 2. The zero-order valence-electron chi connectivity index (χ0n) is 13.6. The average molecular weight is 384 g/mol. The Balaban J connectivity index is 1.79. The molecular formula is C20H10F2O4S. The van der Waals surface area contributed by atoms with Crippen LogP contribution in [0.3, 0.4) is 0 Å².